The van der Waals surface area contributed by atoms with E-state index in [1.807, 2.05) is 51.1 Å². The van der Waals surface area contributed by atoms with Gasteiger partial charge in [0.15, 0.2) is 11.6 Å². The van der Waals surface area contributed by atoms with Crippen LogP contribution in [0.4, 0.5) is 8.78 Å². The van der Waals surface area contributed by atoms with Crippen molar-refractivity contribution in [2.45, 2.75) is 53.3 Å². The normalized spacial score (nSPS) is 12.7. The van der Waals surface area contributed by atoms with E-state index >= 15 is 0 Å². The fraction of sp³-hybridized carbons (Fsp3) is 0.444. The molecule has 1 atom stereocenters. The van der Waals surface area contributed by atoms with Crippen LogP contribution in [-0.4, -0.2) is 51.7 Å². The molecular weight excluding hydrogens is 452 g/mol. The van der Waals surface area contributed by atoms with Gasteiger partial charge in [-0.2, -0.15) is 5.10 Å². The molecule has 0 amide bonds. The maximum Gasteiger partial charge on any atom is 0.227 e. The molecule has 0 fully saturated rings. The SMILES string of the molecule is Cc1nn(-c2ccccc2)c(Oc2ccc(F)cc2F)c1CN(C[C@@H](O)COCC(C)C)C(C)C. The van der Waals surface area contributed by atoms with E-state index in [0.29, 0.717) is 37.2 Å². The van der Waals surface area contributed by atoms with Crippen LogP contribution in [0.2, 0.25) is 0 Å². The van der Waals surface area contributed by atoms with Gasteiger partial charge in [-0.05, 0) is 51.0 Å². The molecule has 1 heterocycles. The summed E-state index contributed by atoms with van der Waals surface area (Å²) in [5.41, 5.74) is 2.21. The van der Waals surface area contributed by atoms with Crippen LogP contribution in [-0.2, 0) is 11.3 Å². The quantitative estimate of drug-likeness (QED) is 0.366. The highest BCUT2D eigenvalue weighted by Crippen LogP contribution is 2.33. The largest absolute Gasteiger partial charge is 0.435 e. The number of para-hydroxylation sites is 1. The van der Waals surface area contributed by atoms with Crippen LogP contribution in [0.3, 0.4) is 0 Å². The Labute approximate surface area is 206 Å². The molecule has 0 aliphatic rings. The van der Waals surface area contributed by atoms with Crippen LogP contribution < -0.4 is 4.74 Å². The molecule has 8 heteroatoms. The Bertz CT molecular complexity index is 1090. The van der Waals surface area contributed by atoms with Gasteiger partial charge in [0, 0.05) is 31.8 Å². The third kappa shape index (κ3) is 7.34. The Morgan fingerprint density at radius 1 is 1.03 bits per heavy atom. The number of aryl methyl sites for hydroxylation is 1. The van der Waals surface area contributed by atoms with Crippen molar-refractivity contribution in [2.24, 2.45) is 5.92 Å². The summed E-state index contributed by atoms with van der Waals surface area (Å²) in [6.07, 6.45) is -0.667. The first-order valence-electron chi connectivity index (χ1n) is 11.9. The fourth-order valence-corrected chi connectivity index (χ4v) is 3.66. The average molecular weight is 488 g/mol. The standard InChI is InChI=1S/C27H35F2N3O3/c1-18(2)16-34-17-23(33)14-31(19(3)4)15-24-20(5)30-32(22-9-7-6-8-10-22)27(24)35-26-12-11-21(28)13-25(26)29/h6-13,18-19,23,33H,14-17H2,1-5H3/t23-/m1/s1. The molecule has 0 saturated heterocycles. The molecular formula is C27H35F2N3O3. The van der Waals surface area contributed by atoms with Gasteiger partial charge in [-0.3, -0.25) is 4.90 Å². The number of hydrogen-bond acceptors (Lipinski definition) is 5. The Hall–Kier alpha value is -2.81. The smallest absolute Gasteiger partial charge is 0.227 e. The summed E-state index contributed by atoms with van der Waals surface area (Å²) < 4.78 is 41.2. The molecule has 0 aliphatic heterocycles. The van der Waals surface area contributed by atoms with Crippen LogP contribution in [0.25, 0.3) is 5.69 Å². The maximum atomic E-state index is 14.5. The summed E-state index contributed by atoms with van der Waals surface area (Å²) in [6, 6.07) is 12.7. The minimum Gasteiger partial charge on any atom is -0.435 e. The second kappa shape index (κ2) is 12.2. The van der Waals surface area contributed by atoms with Gasteiger partial charge in [-0.1, -0.05) is 32.0 Å². The van der Waals surface area contributed by atoms with E-state index in [1.54, 1.807) is 4.68 Å². The molecule has 0 spiro atoms. The zero-order valence-corrected chi connectivity index (χ0v) is 21.0. The second-order valence-corrected chi connectivity index (χ2v) is 9.40. The molecule has 0 unspecified atom stereocenters. The topological polar surface area (TPSA) is 59.8 Å². The molecule has 6 nitrogen and oxygen atoms in total. The lowest BCUT2D eigenvalue weighted by Crippen LogP contribution is -2.39. The minimum absolute atomic E-state index is 0.0945. The van der Waals surface area contributed by atoms with Crippen LogP contribution in [0.5, 0.6) is 11.6 Å². The van der Waals surface area contributed by atoms with Crippen molar-refractivity contribution in [1.82, 2.24) is 14.7 Å². The van der Waals surface area contributed by atoms with Crippen LogP contribution in [0, 0.1) is 24.5 Å². The number of aliphatic hydroxyl groups is 1. The van der Waals surface area contributed by atoms with E-state index in [9.17, 15) is 13.9 Å². The van der Waals surface area contributed by atoms with Crippen molar-refractivity contribution in [3.05, 3.63) is 71.4 Å². The number of halogens is 2. The first kappa shape index (κ1) is 26.8. The molecule has 190 valence electrons. The summed E-state index contributed by atoms with van der Waals surface area (Å²) in [6.45, 7) is 11.7. The lowest BCUT2D eigenvalue weighted by molar-refractivity contribution is 0.00160. The number of benzene rings is 2. The third-order valence-corrected chi connectivity index (χ3v) is 5.54. The molecule has 0 bridgehead atoms. The Morgan fingerprint density at radius 2 is 1.74 bits per heavy atom. The summed E-state index contributed by atoms with van der Waals surface area (Å²) in [5, 5.41) is 15.2. The van der Waals surface area contributed by atoms with Gasteiger partial charge in [0.25, 0.3) is 0 Å². The molecule has 3 aromatic rings. The highest BCUT2D eigenvalue weighted by Gasteiger charge is 2.24. The number of hydrogen-bond donors (Lipinski definition) is 1. The van der Waals surface area contributed by atoms with Gasteiger partial charge in [0.2, 0.25) is 5.88 Å². The molecule has 3 rings (SSSR count). The van der Waals surface area contributed by atoms with Crippen LogP contribution in [0.15, 0.2) is 48.5 Å². The summed E-state index contributed by atoms with van der Waals surface area (Å²) in [7, 11) is 0. The molecule has 1 aromatic heterocycles. The lowest BCUT2D eigenvalue weighted by atomic mass is 10.2. The highest BCUT2D eigenvalue weighted by molar-refractivity contribution is 5.43. The van der Waals surface area contributed by atoms with E-state index in [1.165, 1.54) is 6.07 Å². The molecule has 1 N–H and O–H groups in total. The van der Waals surface area contributed by atoms with E-state index in [-0.39, 0.29) is 18.4 Å². The zero-order chi connectivity index (χ0) is 25.5. The third-order valence-electron chi connectivity index (χ3n) is 5.54. The van der Waals surface area contributed by atoms with E-state index in [2.05, 4.69) is 23.8 Å². The Balaban J connectivity index is 1.92. The fourth-order valence-electron chi connectivity index (χ4n) is 3.66. The van der Waals surface area contributed by atoms with Crippen molar-refractivity contribution < 1.29 is 23.4 Å². The van der Waals surface area contributed by atoms with E-state index in [0.717, 1.165) is 23.4 Å². The van der Waals surface area contributed by atoms with Gasteiger partial charge < -0.3 is 14.6 Å². The van der Waals surface area contributed by atoms with Crippen molar-refractivity contribution in [2.75, 3.05) is 19.8 Å². The minimum atomic E-state index is -0.798. The monoisotopic (exact) mass is 487 g/mol. The Kier molecular flexibility index (Phi) is 9.37. The van der Waals surface area contributed by atoms with Gasteiger partial charge in [-0.15, -0.1) is 0 Å². The summed E-state index contributed by atoms with van der Waals surface area (Å²) in [4.78, 5) is 2.09. The Morgan fingerprint density at radius 3 is 2.37 bits per heavy atom. The lowest BCUT2D eigenvalue weighted by Gasteiger charge is -2.29. The first-order chi connectivity index (χ1) is 16.7. The van der Waals surface area contributed by atoms with E-state index in [4.69, 9.17) is 9.47 Å². The van der Waals surface area contributed by atoms with Crippen molar-refractivity contribution in [1.29, 1.82) is 0 Å². The molecule has 2 aromatic carbocycles. The number of ether oxygens (including phenoxy) is 2. The predicted molar refractivity (Wildman–Crippen MR) is 132 cm³/mol. The van der Waals surface area contributed by atoms with Crippen LogP contribution >= 0.6 is 0 Å². The average Bonchev–Trinajstić information content (AvgIpc) is 3.10. The summed E-state index contributed by atoms with van der Waals surface area (Å²) in [5.74, 6) is -0.838. The van der Waals surface area contributed by atoms with Crippen molar-refractivity contribution >= 4 is 0 Å². The number of aliphatic hydroxyl groups excluding tert-OH is 1. The van der Waals surface area contributed by atoms with Gasteiger partial charge in [0.1, 0.15) is 5.82 Å². The molecule has 0 saturated carbocycles. The van der Waals surface area contributed by atoms with Crippen molar-refractivity contribution in [3.8, 4) is 17.3 Å². The van der Waals surface area contributed by atoms with Gasteiger partial charge in [0.05, 0.1) is 29.7 Å². The van der Waals surface area contributed by atoms with Gasteiger partial charge in [-0.25, -0.2) is 13.5 Å². The molecule has 0 aliphatic carbocycles. The van der Waals surface area contributed by atoms with E-state index < -0.39 is 17.7 Å². The second-order valence-electron chi connectivity index (χ2n) is 9.40. The highest BCUT2D eigenvalue weighted by atomic mass is 19.1. The van der Waals surface area contributed by atoms with Crippen LogP contribution in [0.1, 0.15) is 39.0 Å². The van der Waals surface area contributed by atoms with Gasteiger partial charge >= 0.3 is 0 Å². The predicted octanol–water partition coefficient (Wildman–Crippen LogP) is 5.50. The number of rotatable bonds is 12. The number of aromatic nitrogens is 2. The molecule has 35 heavy (non-hydrogen) atoms. The maximum absolute atomic E-state index is 14.5. The zero-order valence-electron chi connectivity index (χ0n) is 21.0. The molecule has 0 radical (unpaired) electrons. The first-order valence-corrected chi connectivity index (χ1v) is 11.9. The number of nitrogens with zero attached hydrogens (tertiary/aromatic N) is 3. The van der Waals surface area contributed by atoms with Crippen molar-refractivity contribution in [3.63, 3.8) is 0 Å². The summed E-state index contributed by atoms with van der Waals surface area (Å²) >= 11 is 0.